The molecule has 6 heteroatoms. The zero-order chi connectivity index (χ0) is 12.1. The van der Waals surface area contributed by atoms with Crippen LogP contribution in [0.15, 0.2) is 18.2 Å². The number of anilines is 1. The molecule has 0 unspecified atom stereocenters. The molecule has 0 saturated heterocycles. The molecule has 0 aliphatic heterocycles. The number of ether oxygens (including phenoxy) is 1. The molecule has 6 nitrogen and oxygen atoms in total. The first-order valence-corrected chi connectivity index (χ1v) is 4.82. The van der Waals surface area contributed by atoms with E-state index in [4.69, 9.17) is 10.5 Å². The van der Waals surface area contributed by atoms with E-state index < -0.39 is 4.92 Å². The SMILES string of the molecule is CN(C)CCOc1cccc(N)c1[N+](=O)[O-]. The van der Waals surface area contributed by atoms with Gasteiger partial charge in [-0.25, -0.2) is 0 Å². The second-order valence-corrected chi connectivity index (χ2v) is 3.60. The largest absolute Gasteiger partial charge is 0.485 e. The molecule has 0 spiro atoms. The molecule has 1 rings (SSSR count). The van der Waals surface area contributed by atoms with Crippen LogP contribution >= 0.6 is 0 Å². The van der Waals surface area contributed by atoms with Crippen molar-refractivity contribution in [2.24, 2.45) is 0 Å². The fourth-order valence-corrected chi connectivity index (χ4v) is 1.19. The van der Waals surface area contributed by atoms with Crippen LogP contribution in [0.2, 0.25) is 0 Å². The van der Waals surface area contributed by atoms with Crippen LogP contribution in [0, 0.1) is 10.1 Å². The normalized spacial score (nSPS) is 10.4. The number of hydrogen-bond donors (Lipinski definition) is 1. The highest BCUT2D eigenvalue weighted by Crippen LogP contribution is 2.32. The van der Waals surface area contributed by atoms with Crippen molar-refractivity contribution < 1.29 is 9.66 Å². The molecule has 0 aliphatic rings. The molecule has 0 saturated carbocycles. The Morgan fingerprint density at radius 3 is 2.75 bits per heavy atom. The molecule has 1 aromatic carbocycles. The summed E-state index contributed by atoms with van der Waals surface area (Å²) in [4.78, 5) is 12.2. The molecule has 0 fully saturated rings. The number of nitrogens with two attached hydrogens (primary N) is 1. The molecule has 0 amide bonds. The minimum Gasteiger partial charge on any atom is -0.485 e. The van der Waals surface area contributed by atoms with Crippen molar-refractivity contribution in [2.45, 2.75) is 0 Å². The van der Waals surface area contributed by atoms with E-state index in [2.05, 4.69) is 0 Å². The molecule has 16 heavy (non-hydrogen) atoms. The summed E-state index contributed by atoms with van der Waals surface area (Å²) in [7, 11) is 3.80. The number of likely N-dealkylation sites (N-methyl/N-ethyl adjacent to an activating group) is 1. The van der Waals surface area contributed by atoms with Crippen molar-refractivity contribution in [2.75, 3.05) is 33.0 Å². The number of nitrogens with zero attached hydrogens (tertiary/aromatic N) is 2. The second kappa shape index (κ2) is 5.32. The summed E-state index contributed by atoms with van der Waals surface area (Å²) in [5.41, 5.74) is 5.47. The molecule has 88 valence electrons. The number of nitrogen functional groups attached to an aromatic ring is 1. The van der Waals surface area contributed by atoms with E-state index in [0.29, 0.717) is 13.2 Å². The summed E-state index contributed by atoms with van der Waals surface area (Å²) < 4.78 is 5.33. The minimum absolute atomic E-state index is 0.118. The molecule has 0 aliphatic carbocycles. The quantitative estimate of drug-likeness (QED) is 0.461. The Bertz CT molecular complexity index is 380. The van der Waals surface area contributed by atoms with Gasteiger partial charge in [0, 0.05) is 6.54 Å². The summed E-state index contributed by atoms with van der Waals surface area (Å²) >= 11 is 0. The summed E-state index contributed by atoms with van der Waals surface area (Å²) in [6.07, 6.45) is 0. The van der Waals surface area contributed by atoms with E-state index in [-0.39, 0.29) is 17.1 Å². The van der Waals surface area contributed by atoms with Gasteiger partial charge in [-0.05, 0) is 26.2 Å². The highest BCUT2D eigenvalue weighted by Gasteiger charge is 2.18. The van der Waals surface area contributed by atoms with Gasteiger partial charge in [-0.2, -0.15) is 0 Å². The van der Waals surface area contributed by atoms with E-state index in [9.17, 15) is 10.1 Å². The summed E-state index contributed by atoms with van der Waals surface area (Å²) in [6, 6.07) is 4.66. The highest BCUT2D eigenvalue weighted by atomic mass is 16.6. The zero-order valence-corrected chi connectivity index (χ0v) is 9.34. The Labute approximate surface area is 93.8 Å². The summed E-state index contributed by atoms with van der Waals surface area (Å²) in [5, 5.41) is 10.8. The van der Waals surface area contributed by atoms with Crippen LogP contribution in [-0.4, -0.2) is 37.1 Å². The fraction of sp³-hybridized carbons (Fsp3) is 0.400. The van der Waals surface area contributed by atoms with Crippen LogP contribution < -0.4 is 10.5 Å². The van der Waals surface area contributed by atoms with Crippen molar-refractivity contribution >= 4 is 11.4 Å². The van der Waals surface area contributed by atoms with Gasteiger partial charge in [-0.1, -0.05) is 6.07 Å². The highest BCUT2D eigenvalue weighted by molar-refractivity contribution is 5.65. The van der Waals surface area contributed by atoms with E-state index >= 15 is 0 Å². The van der Waals surface area contributed by atoms with Gasteiger partial charge in [0.15, 0.2) is 5.75 Å². The lowest BCUT2D eigenvalue weighted by atomic mass is 10.2. The van der Waals surface area contributed by atoms with Gasteiger partial charge in [0.25, 0.3) is 0 Å². The average molecular weight is 225 g/mol. The Hall–Kier alpha value is -1.82. The second-order valence-electron chi connectivity index (χ2n) is 3.60. The fourth-order valence-electron chi connectivity index (χ4n) is 1.19. The third-order valence-corrected chi connectivity index (χ3v) is 2.01. The first-order chi connectivity index (χ1) is 7.52. The molecular formula is C10H15N3O3. The lowest BCUT2D eigenvalue weighted by Gasteiger charge is -2.11. The Balaban J connectivity index is 2.79. The maximum atomic E-state index is 10.8. The molecule has 0 bridgehead atoms. The summed E-state index contributed by atoms with van der Waals surface area (Å²) in [6.45, 7) is 1.07. The third kappa shape index (κ3) is 3.09. The van der Waals surface area contributed by atoms with E-state index in [1.165, 1.54) is 6.07 Å². The van der Waals surface area contributed by atoms with Crippen LogP contribution in [0.1, 0.15) is 0 Å². The molecule has 0 heterocycles. The van der Waals surface area contributed by atoms with Crippen LogP contribution in [0.4, 0.5) is 11.4 Å². The Kier molecular flexibility index (Phi) is 4.07. The van der Waals surface area contributed by atoms with Gasteiger partial charge in [0.05, 0.1) is 4.92 Å². The number of nitro groups is 1. The predicted octanol–water partition coefficient (Wildman–Crippen LogP) is 1.12. The van der Waals surface area contributed by atoms with Gasteiger partial charge >= 0.3 is 5.69 Å². The molecule has 0 aromatic heterocycles. The standard InChI is InChI=1S/C10H15N3O3/c1-12(2)6-7-16-9-5-3-4-8(11)10(9)13(14)15/h3-5H,6-7,11H2,1-2H3. The average Bonchev–Trinajstić information content (AvgIpc) is 2.16. The van der Waals surface area contributed by atoms with Crippen molar-refractivity contribution in [3.63, 3.8) is 0 Å². The molecule has 1 aromatic rings. The van der Waals surface area contributed by atoms with Crippen molar-refractivity contribution in [3.05, 3.63) is 28.3 Å². The lowest BCUT2D eigenvalue weighted by Crippen LogP contribution is -2.19. The third-order valence-electron chi connectivity index (χ3n) is 2.01. The Morgan fingerprint density at radius 2 is 2.19 bits per heavy atom. The van der Waals surface area contributed by atoms with Gasteiger partial charge in [0.2, 0.25) is 0 Å². The molecule has 2 N–H and O–H groups in total. The van der Waals surface area contributed by atoms with Crippen molar-refractivity contribution in [1.82, 2.24) is 4.90 Å². The van der Waals surface area contributed by atoms with Crippen LogP contribution in [0.5, 0.6) is 5.75 Å². The van der Waals surface area contributed by atoms with Gasteiger partial charge in [-0.15, -0.1) is 0 Å². The van der Waals surface area contributed by atoms with Crippen molar-refractivity contribution in [3.8, 4) is 5.75 Å². The zero-order valence-electron chi connectivity index (χ0n) is 9.34. The first kappa shape index (κ1) is 12.3. The maximum absolute atomic E-state index is 10.8. The van der Waals surface area contributed by atoms with E-state index in [1.54, 1.807) is 12.1 Å². The Morgan fingerprint density at radius 1 is 1.50 bits per heavy atom. The first-order valence-electron chi connectivity index (χ1n) is 4.82. The smallest absolute Gasteiger partial charge is 0.333 e. The van der Waals surface area contributed by atoms with Crippen LogP contribution in [0.25, 0.3) is 0 Å². The number of hydrogen-bond acceptors (Lipinski definition) is 5. The van der Waals surface area contributed by atoms with Crippen LogP contribution in [-0.2, 0) is 0 Å². The minimum atomic E-state index is -0.527. The topological polar surface area (TPSA) is 81.6 Å². The molecular weight excluding hydrogens is 210 g/mol. The van der Waals surface area contributed by atoms with Crippen molar-refractivity contribution in [1.29, 1.82) is 0 Å². The monoisotopic (exact) mass is 225 g/mol. The summed E-state index contributed by atoms with van der Waals surface area (Å²) in [5.74, 6) is 0.215. The predicted molar refractivity (Wildman–Crippen MR) is 61.6 cm³/mol. The van der Waals surface area contributed by atoms with Gasteiger partial charge in [-0.3, -0.25) is 10.1 Å². The van der Waals surface area contributed by atoms with E-state index in [0.717, 1.165) is 0 Å². The number of nitro benzene ring substituents is 1. The van der Waals surface area contributed by atoms with Gasteiger partial charge < -0.3 is 15.4 Å². The van der Waals surface area contributed by atoms with Crippen LogP contribution in [0.3, 0.4) is 0 Å². The molecule has 0 atom stereocenters. The maximum Gasteiger partial charge on any atom is 0.333 e. The molecule has 0 radical (unpaired) electrons. The number of para-hydroxylation sites is 1. The number of benzene rings is 1. The number of rotatable bonds is 5. The van der Waals surface area contributed by atoms with E-state index in [1.807, 2.05) is 19.0 Å². The van der Waals surface area contributed by atoms with Gasteiger partial charge in [0.1, 0.15) is 12.3 Å². The lowest BCUT2D eigenvalue weighted by molar-refractivity contribution is -0.384.